The zero-order chi connectivity index (χ0) is 16.7. The highest BCUT2D eigenvalue weighted by molar-refractivity contribution is 7.99. The molecule has 23 heavy (non-hydrogen) atoms. The highest BCUT2D eigenvalue weighted by Crippen LogP contribution is 2.24. The minimum atomic E-state index is 0.0213. The second kappa shape index (κ2) is 8.44. The maximum absolute atomic E-state index is 12.7. The monoisotopic (exact) mass is 327 g/mol. The van der Waals surface area contributed by atoms with E-state index in [1.54, 1.807) is 23.8 Å². The van der Waals surface area contributed by atoms with Gasteiger partial charge in [0.2, 0.25) is 0 Å². The Morgan fingerprint density at radius 1 is 1.22 bits per heavy atom. The van der Waals surface area contributed by atoms with Crippen molar-refractivity contribution in [3.05, 3.63) is 72.3 Å². The molecule has 0 bridgehead atoms. The number of benzene rings is 2. The van der Waals surface area contributed by atoms with Gasteiger partial charge in [-0.3, -0.25) is 4.79 Å². The lowest BCUT2D eigenvalue weighted by Crippen LogP contribution is -2.26. The number of amides is 1. The van der Waals surface area contributed by atoms with Crippen LogP contribution in [0, 0.1) is 0 Å². The summed E-state index contributed by atoms with van der Waals surface area (Å²) in [6.45, 7) is 4.29. The smallest absolute Gasteiger partial charge is 0.255 e. The van der Waals surface area contributed by atoms with Crippen molar-refractivity contribution < 1.29 is 9.53 Å². The molecule has 2 rings (SSSR count). The lowest BCUT2D eigenvalue weighted by Gasteiger charge is -2.19. The first kappa shape index (κ1) is 17.2. The molecule has 0 N–H and O–H groups in total. The Balaban J connectivity index is 2.11. The highest BCUT2D eigenvalue weighted by Gasteiger charge is 2.15. The largest absolute Gasteiger partial charge is 0.497 e. The maximum atomic E-state index is 12.7. The summed E-state index contributed by atoms with van der Waals surface area (Å²) in [5.41, 5.74) is 1.80. The van der Waals surface area contributed by atoms with E-state index in [1.165, 1.54) is 0 Å². The number of rotatable bonds is 7. The Hall–Kier alpha value is -2.20. The maximum Gasteiger partial charge on any atom is 0.255 e. The topological polar surface area (TPSA) is 29.5 Å². The summed E-state index contributed by atoms with van der Waals surface area (Å²) in [5.74, 6) is 1.62. The Labute approximate surface area is 142 Å². The fraction of sp³-hybridized carbons (Fsp3) is 0.211. The molecule has 0 spiro atoms. The van der Waals surface area contributed by atoms with Crippen LogP contribution in [0.25, 0.3) is 0 Å². The van der Waals surface area contributed by atoms with E-state index in [0.29, 0.717) is 6.54 Å². The van der Waals surface area contributed by atoms with Crippen LogP contribution < -0.4 is 4.74 Å². The van der Waals surface area contributed by atoms with E-state index >= 15 is 0 Å². The minimum Gasteiger partial charge on any atom is -0.497 e. The second-order valence-corrected chi connectivity index (χ2v) is 6.17. The summed E-state index contributed by atoms with van der Waals surface area (Å²) in [4.78, 5) is 15.4. The summed E-state index contributed by atoms with van der Waals surface area (Å²) < 4.78 is 5.15. The van der Waals surface area contributed by atoms with Crippen LogP contribution in [0.4, 0.5) is 0 Å². The molecule has 0 heterocycles. The molecule has 1 amide bonds. The number of thioether (sulfide) groups is 1. The van der Waals surface area contributed by atoms with Gasteiger partial charge in [0.05, 0.1) is 12.7 Å². The van der Waals surface area contributed by atoms with Crippen LogP contribution >= 0.6 is 11.8 Å². The molecule has 0 atom stereocenters. The lowest BCUT2D eigenvalue weighted by molar-refractivity contribution is 0.0781. The number of carbonyl (C=O) groups excluding carboxylic acids is 1. The Morgan fingerprint density at radius 3 is 2.57 bits per heavy atom. The third-order valence-corrected chi connectivity index (χ3v) is 4.47. The van der Waals surface area contributed by atoms with Crippen LogP contribution in [-0.2, 0) is 6.54 Å². The minimum absolute atomic E-state index is 0.0213. The number of hydrogen-bond acceptors (Lipinski definition) is 3. The van der Waals surface area contributed by atoms with Gasteiger partial charge in [-0.15, -0.1) is 18.3 Å². The van der Waals surface area contributed by atoms with Crippen LogP contribution in [0.2, 0.25) is 0 Å². The van der Waals surface area contributed by atoms with Crippen molar-refractivity contribution in [1.82, 2.24) is 4.90 Å². The SMILES string of the molecule is C=CCSc1ccccc1C(=O)N(C)Cc1ccc(OC)cc1. The summed E-state index contributed by atoms with van der Waals surface area (Å²) in [5, 5.41) is 0. The van der Waals surface area contributed by atoms with Crippen LogP contribution in [0.15, 0.2) is 66.1 Å². The van der Waals surface area contributed by atoms with Crippen molar-refractivity contribution >= 4 is 17.7 Å². The van der Waals surface area contributed by atoms with Gasteiger partial charge >= 0.3 is 0 Å². The fourth-order valence-electron chi connectivity index (χ4n) is 2.20. The number of methoxy groups -OCH3 is 1. The molecule has 4 heteroatoms. The second-order valence-electron chi connectivity index (χ2n) is 5.11. The van der Waals surface area contributed by atoms with Gasteiger partial charge < -0.3 is 9.64 Å². The predicted octanol–water partition coefficient (Wildman–Crippen LogP) is 4.25. The molecule has 0 saturated heterocycles. The molecule has 2 aromatic carbocycles. The standard InChI is InChI=1S/C19H21NO2S/c1-4-13-23-18-8-6-5-7-17(18)19(21)20(2)14-15-9-11-16(22-3)12-10-15/h4-12H,1,13-14H2,2-3H3. The van der Waals surface area contributed by atoms with Crippen LogP contribution in [0.3, 0.4) is 0 Å². The molecular weight excluding hydrogens is 306 g/mol. The van der Waals surface area contributed by atoms with Crippen molar-refractivity contribution in [2.24, 2.45) is 0 Å². The molecule has 2 aromatic rings. The average molecular weight is 327 g/mol. The molecule has 0 saturated carbocycles. The number of carbonyl (C=O) groups is 1. The molecule has 120 valence electrons. The molecule has 0 aliphatic carbocycles. The quantitative estimate of drug-likeness (QED) is 0.562. The van der Waals surface area contributed by atoms with Crippen molar-refractivity contribution in [2.45, 2.75) is 11.4 Å². The van der Waals surface area contributed by atoms with Crippen molar-refractivity contribution in [3.63, 3.8) is 0 Å². The first-order chi connectivity index (χ1) is 11.2. The van der Waals surface area contributed by atoms with E-state index in [2.05, 4.69) is 6.58 Å². The van der Waals surface area contributed by atoms with Crippen LogP contribution in [0.5, 0.6) is 5.75 Å². The van der Waals surface area contributed by atoms with Crippen molar-refractivity contribution in [1.29, 1.82) is 0 Å². The van der Waals surface area contributed by atoms with Crippen LogP contribution in [-0.4, -0.2) is 30.7 Å². The zero-order valence-corrected chi connectivity index (χ0v) is 14.3. The first-order valence-electron chi connectivity index (χ1n) is 7.37. The predicted molar refractivity (Wildman–Crippen MR) is 96.2 cm³/mol. The third-order valence-electron chi connectivity index (χ3n) is 3.40. The van der Waals surface area contributed by atoms with E-state index in [1.807, 2.05) is 61.7 Å². The molecule has 0 fully saturated rings. The van der Waals surface area contributed by atoms with E-state index in [9.17, 15) is 4.79 Å². The van der Waals surface area contributed by atoms with Gasteiger partial charge in [-0.2, -0.15) is 0 Å². The number of hydrogen-bond donors (Lipinski definition) is 0. The van der Waals surface area contributed by atoms with E-state index < -0.39 is 0 Å². The Bertz CT molecular complexity index is 667. The van der Waals surface area contributed by atoms with E-state index in [4.69, 9.17) is 4.74 Å². The van der Waals surface area contributed by atoms with Gasteiger partial charge in [0.1, 0.15) is 5.75 Å². The summed E-state index contributed by atoms with van der Waals surface area (Å²) in [6, 6.07) is 15.4. The molecule has 0 aliphatic rings. The first-order valence-corrected chi connectivity index (χ1v) is 8.35. The fourth-order valence-corrected chi connectivity index (χ4v) is 2.98. The number of nitrogens with zero attached hydrogens (tertiary/aromatic N) is 1. The average Bonchev–Trinajstić information content (AvgIpc) is 2.60. The zero-order valence-electron chi connectivity index (χ0n) is 13.5. The van der Waals surface area contributed by atoms with Crippen molar-refractivity contribution in [2.75, 3.05) is 19.9 Å². The lowest BCUT2D eigenvalue weighted by atomic mass is 10.1. The van der Waals surface area contributed by atoms with Gasteiger partial charge in [0.25, 0.3) is 5.91 Å². The van der Waals surface area contributed by atoms with Crippen molar-refractivity contribution in [3.8, 4) is 5.75 Å². The Morgan fingerprint density at radius 2 is 1.91 bits per heavy atom. The highest BCUT2D eigenvalue weighted by atomic mass is 32.2. The van der Waals surface area contributed by atoms with Crippen LogP contribution in [0.1, 0.15) is 15.9 Å². The molecule has 0 unspecified atom stereocenters. The normalized spacial score (nSPS) is 10.2. The molecule has 3 nitrogen and oxygen atoms in total. The summed E-state index contributed by atoms with van der Waals surface area (Å²) in [6.07, 6.45) is 1.84. The molecular formula is C19H21NO2S. The van der Waals surface area contributed by atoms with E-state index in [-0.39, 0.29) is 5.91 Å². The van der Waals surface area contributed by atoms with Gasteiger partial charge in [0, 0.05) is 24.2 Å². The van der Waals surface area contributed by atoms with Gasteiger partial charge in [-0.1, -0.05) is 30.3 Å². The summed E-state index contributed by atoms with van der Waals surface area (Å²) >= 11 is 1.62. The van der Waals surface area contributed by atoms with Gasteiger partial charge in [-0.25, -0.2) is 0 Å². The van der Waals surface area contributed by atoms with Gasteiger partial charge in [-0.05, 0) is 29.8 Å². The molecule has 0 aliphatic heterocycles. The molecule has 0 radical (unpaired) electrons. The Kier molecular flexibility index (Phi) is 6.29. The molecule has 0 aromatic heterocycles. The third kappa shape index (κ3) is 4.63. The number of ether oxygens (including phenoxy) is 1. The van der Waals surface area contributed by atoms with E-state index in [0.717, 1.165) is 27.5 Å². The summed E-state index contributed by atoms with van der Waals surface area (Å²) in [7, 11) is 3.46. The van der Waals surface area contributed by atoms with Gasteiger partial charge in [0.15, 0.2) is 0 Å².